The lowest BCUT2D eigenvalue weighted by molar-refractivity contribution is -0.191. The lowest BCUT2D eigenvalue weighted by Gasteiger charge is -2.13. The van der Waals surface area contributed by atoms with Crippen molar-refractivity contribution in [3.8, 4) is 22.5 Å². The zero-order valence-corrected chi connectivity index (χ0v) is 19.8. The number of aliphatic hydroxyl groups is 1. The summed E-state index contributed by atoms with van der Waals surface area (Å²) >= 11 is 0. The molecule has 0 saturated heterocycles. The Bertz CT molecular complexity index is 1260. The Morgan fingerprint density at radius 1 is 1.03 bits per heavy atom. The van der Waals surface area contributed by atoms with Gasteiger partial charge < -0.3 is 9.67 Å². The molecule has 0 bridgehead atoms. The first kappa shape index (κ1) is 24.7. The van der Waals surface area contributed by atoms with Gasteiger partial charge in [-0.3, -0.25) is 0 Å². The lowest BCUT2D eigenvalue weighted by atomic mass is 9.98. The maximum absolute atomic E-state index is 10.4. The van der Waals surface area contributed by atoms with E-state index in [0.29, 0.717) is 12.2 Å². The fraction of sp³-hybridized carbons (Fsp3) is 0.320. The molecule has 0 saturated carbocycles. The minimum Gasteiger partial charge on any atom is -0.384 e. The maximum atomic E-state index is 10.4. The summed E-state index contributed by atoms with van der Waals surface area (Å²) in [5, 5.41) is 22.3. The van der Waals surface area contributed by atoms with E-state index in [1.54, 1.807) is 18.5 Å². The van der Waals surface area contributed by atoms with Crippen LogP contribution in [0.3, 0.4) is 0 Å². The second-order valence-electron chi connectivity index (χ2n) is 8.43. The van der Waals surface area contributed by atoms with Crippen LogP contribution < -0.4 is 0 Å². The Morgan fingerprint density at radius 3 is 2.24 bits per heavy atom. The molecule has 9 nitrogen and oxygen atoms in total. The molecule has 0 atom stereocenters. The van der Waals surface area contributed by atoms with Crippen molar-refractivity contribution >= 4 is 6.15 Å². The van der Waals surface area contributed by atoms with Crippen LogP contribution in [0.4, 0.5) is 0 Å². The Labute approximate surface area is 198 Å². The summed E-state index contributed by atoms with van der Waals surface area (Å²) < 4.78 is 3.83. The number of benzene rings is 2. The van der Waals surface area contributed by atoms with Gasteiger partial charge in [0.25, 0.3) is 0 Å². The number of hydrogen-bond donors (Lipinski definition) is 1. The molecule has 1 N–H and O–H groups in total. The molecule has 0 unspecified atom stereocenters. The molecule has 9 heteroatoms. The highest BCUT2D eigenvalue weighted by atomic mass is 16.3. The molecule has 2 aromatic heterocycles. The van der Waals surface area contributed by atoms with E-state index in [1.807, 2.05) is 31.4 Å². The van der Waals surface area contributed by atoms with Gasteiger partial charge in [0.05, 0.1) is 5.69 Å². The van der Waals surface area contributed by atoms with Crippen molar-refractivity contribution < 1.29 is 14.7 Å². The van der Waals surface area contributed by atoms with Gasteiger partial charge in [0.1, 0.15) is 11.4 Å². The predicted octanol–water partition coefficient (Wildman–Crippen LogP) is 3.39. The normalized spacial score (nSPS) is 11.0. The number of aromatic nitrogens is 6. The number of carbonyl (C=O) groups excluding carboxylic acids is 2. The van der Waals surface area contributed by atoms with Crippen LogP contribution in [0.1, 0.15) is 44.3 Å². The van der Waals surface area contributed by atoms with Crippen LogP contribution in [0.5, 0.6) is 0 Å². The molecule has 0 aliphatic heterocycles. The number of rotatable bonds is 7. The van der Waals surface area contributed by atoms with Crippen molar-refractivity contribution in [1.29, 1.82) is 0 Å². The van der Waals surface area contributed by atoms with Crippen molar-refractivity contribution in [2.24, 2.45) is 7.05 Å². The summed E-state index contributed by atoms with van der Waals surface area (Å²) in [6, 6.07) is 16.7. The Hall–Kier alpha value is -3.94. The Morgan fingerprint density at radius 2 is 1.68 bits per heavy atom. The molecule has 34 heavy (non-hydrogen) atoms. The first-order chi connectivity index (χ1) is 16.3. The molecule has 0 amide bonds. The van der Waals surface area contributed by atoms with Gasteiger partial charge in [0.2, 0.25) is 0 Å². The van der Waals surface area contributed by atoms with Crippen LogP contribution >= 0.6 is 0 Å². The summed E-state index contributed by atoms with van der Waals surface area (Å²) in [6.45, 7) is 6.40. The van der Waals surface area contributed by atoms with Crippen LogP contribution in [0.2, 0.25) is 0 Å². The summed E-state index contributed by atoms with van der Waals surface area (Å²) in [5.41, 5.74) is 4.13. The fourth-order valence-corrected chi connectivity index (χ4v) is 3.68. The van der Waals surface area contributed by atoms with Crippen LogP contribution in [-0.4, -0.2) is 41.0 Å². The molecule has 0 aliphatic rings. The van der Waals surface area contributed by atoms with E-state index >= 15 is 0 Å². The van der Waals surface area contributed by atoms with E-state index in [-0.39, 0.29) is 6.15 Å². The van der Waals surface area contributed by atoms with E-state index in [4.69, 9.17) is 9.59 Å². The number of nitrogens with zero attached hydrogens (tertiary/aromatic N) is 6. The minimum atomic E-state index is -0.948. The van der Waals surface area contributed by atoms with Crippen LogP contribution in [0, 0.1) is 0 Å². The SMILES string of the molecule is CCCc1nc(C(C)(C)O)cn1Cc1ccc(-c2ccccc2-c2nnnn2C)cc1.O=C=O. The summed E-state index contributed by atoms with van der Waals surface area (Å²) in [5.74, 6) is 1.74. The number of imidazole rings is 1. The quantitative estimate of drug-likeness (QED) is 0.449. The van der Waals surface area contributed by atoms with Gasteiger partial charge in [-0.25, -0.2) is 9.67 Å². The minimum absolute atomic E-state index is 0.250. The molecule has 2 aromatic carbocycles. The largest absolute Gasteiger partial charge is 0.384 e. The van der Waals surface area contributed by atoms with Crippen molar-refractivity contribution in [3.05, 3.63) is 71.8 Å². The van der Waals surface area contributed by atoms with Crippen LogP contribution in [-0.2, 0) is 35.2 Å². The molecule has 176 valence electrons. The van der Waals surface area contributed by atoms with Crippen molar-refractivity contribution in [3.63, 3.8) is 0 Å². The molecule has 0 spiro atoms. The predicted molar refractivity (Wildman–Crippen MR) is 125 cm³/mol. The highest BCUT2D eigenvalue weighted by Crippen LogP contribution is 2.30. The zero-order valence-electron chi connectivity index (χ0n) is 19.8. The number of hydrogen-bond acceptors (Lipinski definition) is 7. The first-order valence-corrected chi connectivity index (χ1v) is 11.0. The first-order valence-electron chi connectivity index (χ1n) is 11.0. The maximum Gasteiger partial charge on any atom is 0.373 e. The average Bonchev–Trinajstić information content (AvgIpc) is 3.41. The van der Waals surface area contributed by atoms with Crippen LogP contribution in [0.15, 0.2) is 54.7 Å². The number of tetrazole rings is 1. The highest BCUT2D eigenvalue weighted by molar-refractivity contribution is 5.80. The molecule has 0 fully saturated rings. The molecule has 4 aromatic rings. The van der Waals surface area contributed by atoms with Gasteiger partial charge in [0, 0.05) is 31.8 Å². The Balaban J connectivity index is 0.00000103. The third-order valence-electron chi connectivity index (χ3n) is 5.37. The molecule has 0 radical (unpaired) electrons. The van der Waals surface area contributed by atoms with Crippen molar-refractivity contribution in [2.75, 3.05) is 0 Å². The lowest BCUT2D eigenvalue weighted by Crippen LogP contribution is -2.15. The van der Waals surface area contributed by atoms with E-state index in [0.717, 1.165) is 41.2 Å². The van der Waals surface area contributed by atoms with Crippen LogP contribution in [0.25, 0.3) is 22.5 Å². The second-order valence-corrected chi connectivity index (χ2v) is 8.43. The molecular formula is C25H28N6O3. The van der Waals surface area contributed by atoms with Crippen molar-refractivity contribution in [2.45, 2.75) is 45.8 Å². The summed E-state index contributed by atoms with van der Waals surface area (Å²) in [4.78, 5) is 20.9. The third-order valence-corrected chi connectivity index (χ3v) is 5.37. The molecular weight excluding hydrogens is 432 g/mol. The fourth-order valence-electron chi connectivity index (χ4n) is 3.68. The van der Waals surface area contributed by atoms with E-state index in [9.17, 15) is 5.11 Å². The third kappa shape index (κ3) is 5.70. The van der Waals surface area contributed by atoms with Gasteiger partial charge in [-0.15, -0.1) is 5.10 Å². The zero-order chi connectivity index (χ0) is 24.7. The summed E-state index contributed by atoms with van der Waals surface area (Å²) in [6.07, 6.45) is 4.11. The monoisotopic (exact) mass is 460 g/mol. The smallest absolute Gasteiger partial charge is 0.373 e. The average molecular weight is 461 g/mol. The summed E-state index contributed by atoms with van der Waals surface area (Å²) in [7, 11) is 1.84. The Kier molecular flexibility index (Phi) is 7.83. The van der Waals surface area contributed by atoms with Gasteiger partial charge in [-0.05, 0) is 47.4 Å². The van der Waals surface area contributed by atoms with Gasteiger partial charge >= 0.3 is 6.15 Å². The molecule has 2 heterocycles. The van der Waals surface area contributed by atoms with E-state index in [1.165, 1.54) is 5.56 Å². The van der Waals surface area contributed by atoms with Gasteiger partial charge in [0.15, 0.2) is 5.82 Å². The molecule has 0 aliphatic carbocycles. The van der Waals surface area contributed by atoms with Crippen molar-refractivity contribution in [1.82, 2.24) is 29.8 Å². The van der Waals surface area contributed by atoms with Gasteiger partial charge in [-0.1, -0.05) is 55.5 Å². The number of aryl methyl sites for hydroxylation is 2. The van der Waals surface area contributed by atoms with E-state index < -0.39 is 5.60 Å². The highest BCUT2D eigenvalue weighted by Gasteiger charge is 2.21. The second kappa shape index (κ2) is 10.8. The molecule has 4 rings (SSSR count). The topological polar surface area (TPSA) is 116 Å². The van der Waals surface area contributed by atoms with Gasteiger partial charge in [-0.2, -0.15) is 9.59 Å². The standard InChI is InChI=1S/C24H28N6O.CO2/c1-5-8-22-25-21(24(2,3)31)16-30(22)15-17-11-13-18(14-12-17)19-9-6-7-10-20(19)23-26-27-28-29(23)4;2-1-3/h6-7,9-14,16,31H,5,8,15H2,1-4H3;. The van der Waals surface area contributed by atoms with E-state index in [2.05, 4.69) is 62.3 Å².